The lowest BCUT2D eigenvalue weighted by atomic mass is 10.0. The van der Waals surface area contributed by atoms with E-state index in [1.54, 1.807) is 23.6 Å². The standard InChI is InChI=1S/C19H21N3O4S/c1-13-5-2-3-8-20(13)16(23)12-21-15-7-10-27-17(15)18(24)22(19(21)25)11-14-6-4-9-26-14/h4,6-7,9-10,13H,2-3,5,8,11-12H2,1H3/t13-/m1/s1. The van der Waals surface area contributed by atoms with Gasteiger partial charge in [0.2, 0.25) is 5.91 Å². The van der Waals surface area contributed by atoms with Crippen molar-refractivity contribution < 1.29 is 9.21 Å². The van der Waals surface area contributed by atoms with E-state index >= 15 is 0 Å². The third-order valence-corrected chi connectivity index (χ3v) is 6.04. The Kier molecular flexibility index (Phi) is 4.73. The zero-order valence-electron chi connectivity index (χ0n) is 15.1. The van der Waals surface area contributed by atoms with Crippen molar-refractivity contribution in [2.45, 2.75) is 45.3 Å². The summed E-state index contributed by atoms with van der Waals surface area (Å²) in [6.07, 6.45) is 4.58. The molecule has 1 atom stereocenters. The smallest absolute Gasteiger partial charge is 0.332 e. The van der Waals surface area contributed by atoms with Gasteiger partial charge in [-0.2, -0.15) is 0 Å². The highest BCUT2D eigenvalue weighted by Crippen LogP contribution is 2.19. The predicted molar refractivity (Wildman–Crippen MR) is 103 cm³/mol. The first-order chi connectivity index (χ1) is 13.1. The summed E-state index contributed by atoms with van der Waals surface area (Å²) in [5.74, 6) is 0.438. The molecular weight excluding hydrogens is 366 g/mol. The van der Waals surface area contributed by atoms with Crippen LogP contribution in [0, 0.1) is 0 Å². The van der Waals surface area contributed by atoms with E-state index in [1.807, 2.05) is 11.8 Å². The minimum absolute atomic E-state index is 0.0484. The van der Waals surface area contributed by atoms with Gasteiger partial charge in [0.15, 0.2) is 0 Å². The van der Waals surface area contributed by atoms with E-state index in [9.17, 15) is 14.4 Å². The number of hydrogen-bond acceptors (Lipinski definition) is 5. The largest absolute Gasteiger partial charge is 0.467 e. The summed E-state index contributed by atoms with van der Waals surface area (Å²) in [5.41, 5.74) is -0.319. The lowest BCUT2D eigenvalue weighted by Crippen LogP contribution is -2.47. The maximum atomic E-state index is 13.0. The second kappa shape index (κ2) is 7.19. The first kappa shape index (κ1) is 17.8. The number of rotatable bonds is 4. The highest BCUT2D eigenvalue weighted by Gasteiger charge is 2.25. The number of furan rings is 1. The molecule has 3 aromatic heterocycles. The summed E-state index contributed by atoms with van der Waals surface area (Å²) in [5, 5.41) is 1.77. The molecule has 0 N–H and O–H groups in total. The van der Waals surface area contributed by atoms with Gasteiger partial charge in [0.25, 0.3) is 5.56 Å². The number of hydrogen-bond donors (Lipinski definition) is 0. The van der Waals surface area contributed by atoms with Gasteiger partial charge in [-0.05, 0) is 49.8 Å². The molecule has 1 saturated heterocycles. The summed E-state index contributed by atoms with van der Waals surface area (Å²) in [6.45, 7) is 2.74. The normalized spacial score (nSPS) is 17.5. The molecule has 8 heteroatoms. The molecular formula is C19H21N3O4S. The number of likely N-dealkylation sites (tertiary alicyclic amines) is 1. The van der Waals surface area contributed by atoms with Crippen LogP contribution < -0.4 is 11.2 Å². The maximum absolute atomic E-state index is 13.0. The molecule has 142 valence electrons. The summed E-state index contributed by atoms with van der Waals surface area (Å²) in [7, 11) is 0. The predicted octanol–water partition coefficient (Wildman–Crippen LogP) is 2.27. The minimum Gasteiger partial charge on any atom is -0.467 e. The van der Waals surface area contributed by atoms with Crippen LogP contribution in [-0.2, 0) is 17.9 Å². The molecule has 0 spiro atoms. The molecule has 0 unspecified atom stereocenters. The van der Waals surface area contributed by atoms with E-state index < -0.39 is 5.69 Å². The lowest BCUT2D eigenvalue weighted by Gasteiger charge is -2.33. The monoisotopic (exact) mass is 387 g/mol. The highest BCUT2D eigenvalue weighted by atomic mass is 32.1. The van der Waals surface area contributed by atoms with Gasteiger partial charge in [-0.1, -0.05) is 0 Å². The van der Waals surface area contributed by atoms with Crippen molar-refractivity contribution in [2.24, 2.45) is 0 Å². The van der Waals surface area contributed by atoms with Gasteiger partial charge in [0.1, 0.15) is 17.0 Å². The van der Waals surface area contributed by atoms with Gasteiger partial charge in [-0.3, -0.25) is 18.7 Å². The molecule has 1 aliphatic rings. The van der Waals surface area contributed by atoms with E-state index in [4.69, 9.17) is 4.42 Å². The summed E-state index contributed by atoms with van der Waals surface area (Å²) >= 11 is 1.28. The van der Waals surface area contributed by atoms with E-state index in [0.717, 1.165) is 23.8 Å². The maximum Gasteiger partial charge on any atom is 0.332 e. The molecule has 0 bridgehead atoms. The Morgan fingerprint density at radius 2 is 2.11 bits per heavy atom. The third kappa shape index (κ3) is 3.25. The summed E-state index contributed by atoms with van der Waals surface area (Å²) in [4.78, 5) is 40.5. The van der Waals surface area contributed by atoms with Crippen LogP contribution in [0.2, 0.25) is 0 Å². The molecule has 4 rings (SSSR count). The fraction of sp³-hybridized carbons (Fsp3) is 0.421. The van der Waals surface area contributed by atoms with Gasteiger partial charge in [0.05, 0.1) is 18.3 Å². The number of piperidine rings is 1. The average Bonchev–Trinajstić information content (AvgIpc) is 3.34. The number of fused-ring (bicyclic) bond motifs is 1. The van der Waals surface area contributed by atoms with Crippen molar-refractivity contribution in [3.63, 3.8) is 0 Å². The highest BCUT2D eigenvalue weighted by molar-refractivity contribution is 7.17. The van der Waals surface area contributed by atoms with Crippen LogP contribution in [-0.4, -0.2) is 32.5 Å². The van der Waals surface area contributed by atoms with Crippen LogP contribution in [0.1, 0.15) is 31.9 Å². The lowest BCUT2D eigenvalue weighted by molar-refractivity contribution is -0.135. The second-order valence-corrected chi connectivity index (χ2v) is 7.82. The van der Waals surface area contributed by atoms with Crippen molar-refractivity contribution in [2.75, 3.05) is 6.54 Å². The Labute approximate surface area is 159 Å². The Balaban J connectivity index is 1.75. The van der Waals surface area contributed by atoms with Crippen LogP contribution in [0.5, 0.6) is 0 Å². The van der Waals surface area contributed by atoms with Crippen LogP contribution in [0.3, 0.4) is 0 Å². The van der Waals surface area contributed by atoms with Crippen LogP contribution in [0.4, 0.5) is 0 Å². The van der Waals surface area contributed by atoms with Crippen molar-refractivity contribution >= 4 is 27.5 Å². The SMILES string of the molecule is C[C@@H]1CCCCN1C(=O)Cn1c(=O)n(Cc2ccco2)c(=O)c2sccc21. The first-order valence-corrected chi connectivity index (χ1v) is 9.97. The molecule has 1 fully saturated rings. The zero-order chi connectivity index (χ0) is 19.0. The Hall–Kier alpha value is -2.61. The van der Waals surface area contributed by atoms with Crippen molar-refractivity contribution in [3.05, 3.63) is 56.4 Å². The van der Waals surface area contributed by atoms with E-state index in [0.29, 0.717) is 22.5 Å². The van der Waals surface area contributed by atoms with Crippen LogP contribution in [0.15, 0.2) is 43.8 Å². The quantitative estimate of drug-likeness (QED) is 0.688. The molecule has 7 nitrogen and oxygen atoms in total. The molecule has 0 aromatic carbocycles. The first-order valence-electron chi connectivity index (χ1n) is 9.09. The zero-order valence-corrected chi connectivity index (χ0v) is 15.9. The van der Waals surface area contributed by atoms with Crippen molar-refractivity contribution in [3.8, 4) is 0 Å². The minimum atomic E-state index is -0.486. The summed E-state index contributed by atoms with van der Waals surface area (Å²) in [6, 6.07) is 5.33. The number of aromatic nitrogens is 2. The Bertz CT molecular complexity index is 1080. The molecule has 4 heterocycles. The summed E-state index contributed by atoms with van der Waals surface area (Å²) < 4.78 is 8.32. The van der Waals surface area contributed by atoms with Gasteiger partial charge in [0, 0.05) is 12.6 Å². The molecule has 0 saturated carbocycles. The third-order valence-electron chi connectivity index (χ3n) is 5.15. The van der Waals surface area contributed by atoms with Crippen molar-refractivity contribution in [1.82, 2.24) is 14.0 Å². The Morgan fingerprint density at radius 3 is 2.85 bits per heavy atom. The topological polar surface area (TPSA) is 77.5 Å². The molecule has 0 aliphatic carbocycles. The number of carbonyl (C=O) groups is 1. The number of thiophene rings is 1. The van der Waals surface area contributed by atoms with E-state index in [1.165, 1.54) is 22.2 Å². The fourth-order valence-electron chi connectivity index (χ4n) is 3.68. The molecule has 0 radical (unpaired) electrons. The van der Waals surface area contributed by atoms with Gasteiger partial charge < -0.3 is 9.32 Å². The average molecular weight is 387 g/mol. The van der Waals surface area contributed by atoms with Crippen LogP contribution in [0.25, 0.3) is 10.2 Å². The van der Waals surface area contributed by atoms with Crippen molar-refractivity contribution in [1.29, 1.82) is 0 Å². The molecule has 1 amide bonds. The van der Waals surface area contributed by atoms with E-state index in [-0.39, 0.29) is 30.6 Å². The molecule has 3 aromatic rings. The number of carbonyl (C=O) groups excluding carboxylic acids is 1. The molecule has 1 aliphatic heterocycles. The van der Waals surface area contributed by atoms with Gasteiger partial charge in [-0.25, -0.2) is 4.79 Å². The fourth-order valence-corrected chi connectivity index (χ4v) is 4.52. The number of nitrogens with zero attached hydrogens (tertiary/aromatic N) is 3. The van der Waals surface area contributed by atoms with Gasteiger partial charge in [-0.15, -0.1) is 11.3 Å². The Morgan fingerprint density at radius 1 is 1.26 bits per heavy atom. The van der Waals surface area contributed by atoms with Crippen LogP contribution >= 0.6 is 11.3 Å². The number of amides is 1. The van der Waals surface area contributed by atoms with E-state index in [2.05, 4.69) is 0 Å². The molecule has 27 heavy (non-hydrogen) atoms. The van der Waals surface area contributed by atoms with Gasteiger partial charge >= 0.3 is 5.69 Å². The second-order valence-electron chi connectivity index (χ2n) is 6.91.